The molecule has 1 aliphatic carbocycles. The second kappa shape index (κ2) is 5.90. The van der Waals surface area contributed by atoms with E-state index in [9.17, 15) is 0 Å². The summed E-state index contributed by atoms with van der Waals surface area (Å²) in [6.45, 7) is 4.20. The molecule has 6 heteroatoms. The number of aryl methyl sites for hydroxylation is 2. The summed E-state index contributed by atoms with van der Waals surface area (Å²) in [5, 5.41) is 14.5. The molecule has 3 heterocycles. The van der Waals surface area contributed by atoms with Crippen molar-refractivity contribution in [3.63, 3.8) is 0 Å². The van der Waals surface area contributed by atoms with E-state index in [1.165, 1.54) is 43.2 Å². The van der Waals surface area contributed by atoms with Gasteiger partial charge in [0.15, 0.2) is 11.3 Å². The summed E-state index contributed by atoms with van der Waals surface area (Å²) in [5.41, 5.74) is 5.15. The zero-order valence-corrected chi connectivity index (χ0v) is 15.2. The lowest BCUT2D eigenvalue weighted by Gasteiger charge is -2.19. The maximum absolute atomic E-state index is 4.72. The third kappa shape index (κ3) is 2.32. The zero-order chi connectivity index (χ0) is 17.7. The molecule has 0 radical (unpaired) electrons. The second-order valence-corrected chi connectivity index (χ2v) is 7.41. The third-order valence-electron chi connectivity index (χ3n) is 5.55. The van der Waals surface area contributed by atoms with E-state index in [4.69, 9.17) is 4.98 Å². The van der Waals surface area contributed by atoms with Crippen LogP contribution in [0.4, 0.5) is 0 Å². The fourth-order valence-electron chi connectivity index (χ4n) is 4.20. The van der Waals surface area contributed by atoms with Crippen LogP contribution in [0.15, 0.2) is 30.7 Å². The van der Waals surface area contributed by atoms with Crippen LogP contribution < -0.4 is 0 Å². The van der Waals surface area contributed by atoms with Crippen molar-refractivity contribution >= 4 is 16.7 Å². The number of hydrogen-bond donors (Lipinski definition) is 0. The number of rotatable bonds is 2. The van der Waals surface area contributed by atoms with Crippen LogP contribution in [-0.4, -0.2) is 29.4 Å². The first kappa shape index (κ1) is 15.5. The van der Waals surface area contributed by atoms with Crippen molar-refractivity contribution < 1.29 is 0 Å². The van der Waals surface area contributed by atoms with Gasteiger partial charge in [-0.25, -0.2) is 9.67 Å². The van der Waals surface area contributed by atoms with Crippen molar-refractivity contribution in [1.29, 1.82) is 0 Å². The van der Waals surface area contributed by atoms with Gasteiger partial charge in [0.25, 0.3) is 0 Å². The van der Waals surface area contributed by atoms with Gasteiger partial charge >= 0.3 is 0 Å². The van der Waals surface area contributed by atoms with Gasteiger partial charge in [-0.2, -0.15) is 5.10 Å². The quantitative estimate of drug-likeness (QED) is 0.547. The van der Waals surface area contributed by atoms with Crippen molar-refractivity contribution in [2.24, 2.45) is 0 Å². The van der Waals surface area contributed by atoms with Gasteiger partial charge in [-0.3, -0.25) is 4.40 Å². The van der Waals surface area contributed by atoms with Gasteiger partial charge in [-0.05, 0) is 38.3 Å². The molecule has 0 N–H and O–H groups in total. The molecule has 0 bridgehead atoms. The lowest BCUT2D eigenvalue weighted by Crippen LogP contribution is -2.09. The molecule has 0 atom stereocenters. The largest absolute Gasteiger partial charge is 0.268 e. The molecule has 0 unspecified atom stereocenters. The van der Waals surface area contributed by atoms with Crippen LogP contribution in [0.3, 0.4) is 0 Å². The number of benzene rings is 1. The Bertz CT molecular complexity index is 1100. The highest BCUT2D eigenvalue weighted by Crippen LogP contribution is 2.32. The van der Waals surface area contributed by atoms with Gasteiger partial charge < -0.3 is 0 Å². The number of hydrogen-bond acceptors (Lipinski definition) is 4. The Hall–Kier alpha value is -2.76. The van der Waals surface area contributed by atoms with Gasteiger partial charge in [0.2, 0.25) is 0 Å². The number of fused-ring (bicyclic) bond motifs is 3. The highest BCUT2D eigenvalue weighted by molar-refractivity contribution is 5.89. The molecule has 1 aromatic carbocycles. The van der Waals surface area contributed by atoms with E-state index >= 15 is 0 Å². The zero-order valence-electron chi connectivity index (χ0n) is 15.2. The minimum Gasteiger partial charge on any atom is -0.268 e. The maximum atomic E-state index is 4.72. The topological polar surface area (TPSA) is 60.9 Å². The van der Waals surface area contributed by atoms with E-state index in [-0.39, 0.29) is 0 Å². The monoisotopic (exact) mass is 346 g/mol. The average molecular weight is 346 g/mol. The van der Waals surface area contributed by atoms with Crippen molar-refractivity contribution in [3.05, 3.63) is 47.7 Å². The van der Waals surface area contributed by atoms with Gasteiger partial charge in [0.05, 0.1) is 17.3 Å². The number of aromatic nitrogens is 6. The lowest BCUT2D eigenvalue weighted by atomic mass is 9.89. The molecule has 0 aliphatic heterocycles. The molecular formula is C20H22N6. The summed E-state index contributed by atoms with van der Waals surface area (Å²) in [4.78, 5) is 4.72. The standard InChI is InChI=1S/C20H22N6/c1-13-8-9-17(14(2)10-13)26-19-16(11-22-26)20-24-23-18(25(20)12-21-19)15-6-4-3-5-7-15/h8-12,15H,3-7H2,1-2H3. The van der Waals surface area contributed by atoms with Crippen LogP contribution in [0.25, 0.3) is 22.4 Å². The van der Waals surface area contributed by atoms with Gasteiger partial charge in [-0.1, -0.05) is 37.0 Å². The van der Waals surface area contributed by atoms with E-state index in [0.717, 1.165) is 28.2 Å². The van der Waals surface area contributed by atoms with Gasteiger partial charge in [0, 0.05) is 5.92 Å². The smallest absolute Gasteiger partial charge is 0.174 e. The van der Waals surface area contributed by atoms with E-state index in [1.807, 2.05) is 17.2 Å². The summed E-state index contributed by atoms with van der Waals surface area (Å²) >= 11 is 0. The second-order valence-electron chi connectivity index (χ2n) is 7.41. The molecule has 4 aromatic rings. The Morgan fingerprint density at radius 2 is 1.85 bits per heavy atom. The van der Waals surface area contributed by atoms with Crippen molar-refractivity contribution in [2.75, 3.05) is 0 Å². The van der Waals surface area contributed by atoms with Crippen LogP contribution in [-0.2, 0) is 0 Å². The van der Waals surface area contributed by atoms with Crippen LogP contribution in [0, 0.1) is 13.8 Å². The summed E-state index contributed by atoms with van der Waals surface area (Å²) in [6.07, 6.45) is 10.00. The Balaban J connectivity index is 1.66. The Morgan fingerprint density at radius 1 is 1.00 bits per heavy atom. The highest BCUT2D eigenvalue weighted by atomic mass is 15.3. The first-order valence-electron chi connectivity index (χ1n) is 9.37. The molecule has 26 heavy (non-hydrogen) atoms. The molecule has 1 aliphatic rings. The predicted octanol–water partition coefficient (Wildman–Crippen LogP) is 4.13. The van der Waals surface area contributed by atoms with E-state index < -0.39 is 0 Å². The Kier molecular flexibility index (Phi) is 3.51. The van der Waals surface area contributed by atoms with Crippen molar-refractivity contribution in [3.8, 4) is 5.69 Å². The van der Waals surface area contributed by atoms with Crippen LogP contribution in [0.1, 0.15) is 55.0 Å². The first-order valence-corrected chi connectivity index (χ1v) is 9.37. The van der Waals surface area contributed by atoms with Crippen molar-refractivity contribution in [1.82, 2.24) is 29.4 Å². The summed E-state index contributed by atoms with van der Waals surface area (Å²) < 4.78 is 3.96. The molecule has 5 rings (SSSR count). The van der Waals surface area contributed by atoms with Crippen LogP contribution in [0.5, 0.6) is 0 Å². The molecule has 1 fully saturated rings. The van der Waals surface area contributed by atoms with Gasteiger partial charge in [0.1, 0.15) is 12.2 Å². The Labute approximate surface area is 151 Å². The summed E-state index contributed by atoms with van der Waals surface area (Å²) in [6, 6.07) is 6.37. The minimum atomic E-state index is 0.493. The third-order valence-corrected chi connectivity index (χ3v) is 5.55. The van der Waals surface area contributed by atoms with E-state index in [1.54, 1.807) is 0 Å². The van der Waals surface area contributed by atoms with Crippen LogP contribution in [0.2, 0.25) is 0 Å². The fraction of sp³-hybridized carbons (Fsp3) is 0.400. The van der Waals surface area contributed by atoms with E-state index in [2.05, 4.69) is 51.7 Å². The first-order chi connectivity index (χ1) is 12.7. The predicted molar refractivity (Wildman–Crippen MR) is 101 cm³/mol. The highest BCUT2D eigenvalue weighted by Gasteiger charge is 2.22. The molecule has 6 nitrogen and oxygen atoms in total. The maximum Gasteiger partial charge on any atom is 0.174 e. The Morgan fingerprint density at radius 3 is 2.65 bits per heavy atom. The SMILES string of the molecule is Cc1ccc(-n2ncc3c2ncn2c(C4CCCCC4)nnc32)c(C)c1. The normalized spacial score (nSPS) is 15.9. The van der Waals surface area contributed by atoms with E-state index in [0.29, 0.717) is 5.92 Å². The molecule has 1 saturated carbocycles. The molecule has 0 amide bonds. The minimum absolute atomic E-state index is 0.493. The molecule has 3 aromatic heterocycles. The number of nitrogens with zero attached hydrogens (tertiary/aromatic N) is 6. The van der Waals surface area contributed by atoms with Gasteiger partial charge in [-0.15, -0.1) is 10.2 Å². The molecular weight excluding hydrogens is 324 g/mol. The molecule has 0 saturated heterocycles. The van der Waals surface area contributed by atoms with Crippen molar-refractivity contribution in [2.45, 2.75) is 51.9 Å². The molecule has 132 valence electrons. The lowest BCUT2D eigenvalue weighted by molar-refractivity contribution is 0.426. The van der Waals surface area contributed by atoms with Crippen LogP contribution >= 0.6 is 0 Å². The average Bonchev–Trinajstić information content (AvgIpc) is 3.26. The summed E-state index contributed by atoms with van der Waals surface area (Å²) in [5.74, 6) is 1.54. The fourth-order valence-corrected chi connectivity index (χ4v) is 4.20. The summed E-state index contributed by atoms with van der Waals surface area (Å²) in [7, 11) is 0. The molecule has 0 spiro atoms.